The molecule has 0 heterocycles. The van der Waals surface area contributed by atoms with Crippen LogP contribution in [-0.2, 0) is 21.7 Å². The van der Waals surface area contributed by atoms with Crippen LogP contribution in [0.15, 0.2) is 36.5 Å². The van der Waals surface area contributed by atoms with E-state index in [9.17, 15) is 0 Å². The third-order valence-corrected chi connectivity index (χ3v) is 1.17. The first-order valence-electron chi connectivity index (χ1n) is 4.93. The van der Waals surface area contributed by atoms with Gasteiger partial charge < -0.3 is 7.43 Å². The topological polar surface area (TPSA) is 0 Å². The van der Waals surface area contributed by atoms with Crippen molar-refractivity contribution >= 4 is 8.80 Å². The molecule has 0 saturated carbocycles. The third kappa shape index (κ3) is 23.6. The van der Waals surface area contributed by atoms with E-state index in [1.807, 2.05) is 24.3 Å². The van der Waals surface area contributed by atoms with Crippen molar-refractivity contribution in [3.05, 3.63) is 56.0 Å². The Balaban J connectivity index is -0.000000151. The molecule has 0 N–H and O–H groups in total. The molecule has 2 radical (unpaired) electrons. The predicted octanol–water partition coefficient (Wildman–Crippen LogP) is 4.43. The van der Waals surface area contributed by atoms with Gasteiger partial charge in [-0.2, -0.15) is 12.2 Å². The normalized spacial score (nSPS) is 13.2. The Labute approximate surface area is 119 Å². The molecule has 0 unspecified atom stereocenters. The van der Waals surface area contributed by atoms with E-state index < -0.39 is 0 Å². The van der Waals surface area contributed by atoms with E-state index in [2.05, 4.69) is 43.9 Å². The van der Waals surface area contributed by atoms with Gasteiger partial charge in [-0.25, -0.2) is 24.3 Å². The van der Waals surface area contributed by atoms with Crippen molar-refractivity contribution in [3.8, 4) is 0 Å². The molecule has 0 saturated heterocycles. The molecule has 0 aromatic rings. The van der Waals surface area contributed by atoms with Crippen molar-refractivity contribution in [2.45, 2.75) is 32.5 Å². The summed E-state index contributed by atoms with van der Waals surface area (Å²) < 4.78 is 0. The summed E-state index contributed by atoms with van der Waals surface area (Å²) in [6.45, 7) is 6.81. The number of hydrogen-bond acceptors (Lipinski definition) is 0. The Bertz CT molecular complexity index is 180. The molecule has 2 heteroatoms. The molecule has 2 aliphatic rings. The second-order valence-electron chi connectivity index (χ2n) is 3.51. The molecule has 0 aliphatic heterocycles. The van der Waals surface area contributed by atoms with Gasteiger partial charge in [0.2, 0.25) is 0 Å². The summed E-state index contributed by atoms with van der Waals surface area (Å²) in [6.07, 6.45) is 20.0. The van der Waals surface area contributed by atoms with Crippen molar-refractivity contribution in [3.63, 3.8) is 0 Å². The van der Waals surface area contributed by atoms with Crippen LogP contribution in [0.3, 0.4) is 0 Å². The van der Waals surface area contributed by atoms with Crippen molar-refractivity contribution in [1.82, 2.24) is 0 Å². The summed E-state index contributed by atoms with van der Waals surface area (Å²) in [5.74, 6) is 0. The Morgan fingerprint density at radius 2 is 1.19 bits per heavy atom. The van der Waals surface area contributed by atoms with Crippen LogP contribution < -0.4 is 0 Å². The van der Waals surface area contributed by atoms with Crippen molar-refractivity contribution < 1.29 is 21.7 Å². The van der Waals surface area contributed by atoms with Crippen LogP contribution in [0.25, 0.3) is 0 Å². The fourth-order valence-electron chi connectivity index (χ4n) is 0.680. The largest absolute Gasteiger partial charge is 3.00 e. The molecule has 2 rings (SSSR count). The maximum atomic E-state index is 2.99. The molecule has 0 nitrogen and oxygen atoms in total. The van der Waals surface area contributed by atoms with E-state index >= 15 is 0 Å². The minimum Gasteiger partial charge on any atom is -0.358 e. The molecular weight excluding hydrogens is 244 g/mol. The molecule has 0 bridgehead atoms. The Kier molecular flexibility index (Phi) is 22.9. The van der Waals surface area contributed by atoms with Gasteiger partial charge in [0.05, 0.1) is 0 Å². The van der Waals surface area contributed by atoms with Gasteiger partial charge in [0.15, 0.2) is 0 Å². The number of rotatable bonds is 0. The minimum absolute atomic E-state index is 0. The van der Waals surface area contributed by atoms with E-state index in [1.165, 1.54) is 0 Å². The first-order chi connectivity index (χ1) is 6.73. The zero-order valence-electron chi connectivity index (χ0n) is 10.9. The molecule has 86 valence electrons. The zero-order chi connectivity index (χ0) is 10.6. The maximum absolute atomic E-state index is 2.99. The minimum atomic E-state index is 0. The predicted molar refractivity (Wildman–Crippen MR) is 72.9 cm³/mol. The Morgan fingerprint density at radius 1 is 0.875 bits per heavy atom. The van der Waals surface area contributed by atoms with Crippen molar-refractivity contribution in [2.75, 3.05) is 0 Å². The fourth-order valence-corrected chi connectivity index (χ4v) is 0.680. The third-order valence-electron chi connectivity index (χ3n) is 1.17. The molecule has 2 aliphatic carbocycles. The second-order valence-corrected chi connectivity index (χ2v) is 6.51. The average Bonchev–Trinajstić information content (AvgIpc) is 2.83. The quantitative estimate of drug-likeness (QED) is 0.449. The summed E-state index contributed by atoms with van der Waals surface area (Å²) in [6, 6.07) is 0. The van der Waals surface area contributed by atoms with Crippen LogP contribution in [0, 0.1) is 19.6 Å². The van der Waals surface area contributed by atoms with Crippen LogP contribution in [0.1, 0.15) is 12.8 Å². The van der Waals surface area contributed by atoms with Crippen LogP contribution in [0.4, 0.5) is 0 Å². The molecule has 0 atom stereocenters. The summed E-state index contributed by atoms with van der Waals surface area (Å²) in [5.41, 5.74) is 0. The van der Waals surface area contributed by atoms with Crippen molar-refractivity contribution in [2.24, 2.45) is 0 Å². The maximum Gasteiger partial charge on any atom is 3.00 e. The zero-order valence-corrected chi connectivity index (χ0v) is 13.4. The van der Waals surface area contributed by atoms with Gasteiger partial charge in [-0.15, -0.1) is 12.8 Å². The first kappa shape index (κ1) is 21.2. The Hall–Kier alpha value is -0.109. The van der Waals surface area contributed by atoms with Gasteiger partial charge in [0, 0.05) is 8.80 Å². The molecule has 0 spiro atoms. The van der Waals surface area contributed by atoms with Crippen LogP contribution >= 0.6 is 0 Å². The van der Waals surface area contributed by atoms with Gasteiger partial charge >= 0.3 is 21.7 Å². The van der Waals surface area contributed by atoms with E-state index in [0.29, 0.717) is 0 Å². The summed E-state index contributed by atoms with van der Waals surface area (Å²) >= 11 is 0. The van der Waals surface area contributed by atoms with Gasteiger partial charge in [0.25, 0.3) is 0 Å². The summed E-state index contributed by atoms with van der Waals surface area (Å²) in [4.78, 5) is 0. The molecule has 0 aromatic carbocycles. The van der Waals surface area contributed by atoms with E-state index in [1.54, 1.807) is 0 Å². The fraction of sp³-hybridized carbons (Fsp3) is 0.357. The van der Waals surface area contributed by atoms with Crippen molar-refractivity contribution in [1.29, 1.82) is 0 Å². The number of hydrogen-bond donors (Lipinski definition) is 0. The molecular formula is C14H22SiTi. The molecule has 0 amide bonds. The van der Waals surface area contributed by atoms with Crippen LogP contribution in [-0.4, -0.2) is 8.80 Å². The smallest absolute Gasteiger partial charge is 0.358 e. The first-order valence-corrected chi connectivity index (χ1v) is 7.93. The van der Waals surface area contributed by atoms with Gasteiger partial charge in [-0.1, -0.05) is 19.6 Å². The van der Waals surface area contributed by atoms with Crippen LogP contribution in [0.5, 0.6) is 0 Å². The van der Waals surface area contributed by atoms with E-state index in [4.69, 9.17) is 0 Å². The standard InChI is InChI=1S/2C5H5.C3H9Si.CH3.Ti/c2*1-2-4-5-3-1;1-4(2)3;;/h2*1-3H,4H2;1-3H3;1H3;/q2*-1;;-1;+3. The van der Waals surface area contributed by atoms with Gasteiger partial charge in [-0.05, 0) is 0 Å². The van der Waals surface area contributed by atoms with E-state index in [-0.39, 0.29) is 37.9 Å². The van der Waals surface area contributed by atoms with Gasteiger partial charge in [-0.3, -0.25) is 12.2 Å². The second kappa shape index (κ2) is 17.3. The summed E-state index contributed by atoms with van der Waals surface area (Å²) in [5, 5.41) is 0. The SMILES string of the molecule is C[Si](C)C.[C-]1=CC=CC1.[C-]1=CC=CC1.[CH3-].[Ti+3]. The summed E-state index contributed by atoms with van der Waals surface area (Å²) in [7, 11) is 0.120. The number of allylic oxidation sites excluding steroid dienone is 8. The average molecular weight is 266 g/mol. The molecule has 16 heavy (non-hydrogen) atoms. The molecule has 0 fully saturated rings. The van der Waals surface area contributed by atoms with Crippen LogP contribution in [0.2, 0.25) is 19.6 Å². The molecule has 0 aromatic heterocycles. The monoisotopic (exact) mass is 266 g/mol. The van der Waals surface area contributed by atoms with Gasteiger partial charge in [0.1, 0.15) is 0 Å². The van der Waals surface area contributed by atoms with E-state index in [0.717, 1.165) is 12.8 Å². The Morgan fingerprint density at radius 3 is 1.25 bits per heavy atom.